The van der Waals surface area contributed by atoms with Gasteiger partial charge < -0.3 is 10.1 Å². The van der Waals surface area contributed by atoms with E-state index >= 15 is 0 Å². The van der Waals surface area contributed by atoms with E-state index < -0.39 is 0 Å². The van der Waals surface area contributed by atoms with Crippen LogP contribution < -0.4 is 10.1 Å². The number of hydrogen-bond acceptors (Lipinski definition) is 3. The molecule has 0 fully saturated rings. The molecule has 2 aromatic rings. The Morgan fingerprint density at radius 1 is 1.40 bits per heavy atom. The first-order valence-electron chi connectivity index (χ1n) is 6.25. The highest BCUT2D eigenvalue weighted by atomic mass is 35.5. The van der Waals surface area contributed by atoms with Crippen molar-refractivity contribution in [3.8, 4) is 5.75 Å². The largest absolute Gasteiger partial charge is 0.497 e. The number of halogens is 1. The first-order chi connectivity index (χ1) is 9.67. The van der Waals surface area contributed by atoms with Crippen molar-refractivity contribution < 1.29 is 9.53 Å². The van der Waals surface area contributed by atoms with Gasteiger partial charge in [0.05, 0.1) is 18.3 Å². The Bertz CT molecular complexity index is 566. The summed E-state index contributed by atoms with van der Waals surface area (Å²) in [6, 6.07) is 7.58. The van der Waals surface area contributed by atoms with Crippen LogP contribution in [0, 0.1) is 0 Å². The van der Waals surface area contributed by atoms with Crippen molar-refractivity contribution in [3.63, 3.8) is 0 Å². The second-order valence-corrected chi connectivity index (χ2v) is 4.73. The fourth-order valence-corrected chi connectivity index (χ4v) is 1.87. The van der Waals surface area contributed by atoms with Crippen molar-refractivity contribution in [1.82, 2.24) is 15.1 Å². The topological polar surface area (TPSA) is 56.1 Å². The first-order valence-corrected chi connectivity index (χ1v) is 6.63. The lowest BCUT2D eigenvalue weighted by Gasteiger charge is -2.06. The lowest BCUT2D eigenvalue weighted by molar-refractivity contribution is -0.121. The van der Waals surface area contributed by atoms with E-state index in [2.05, 4.69) is 10.4 Å². The summed E-state index contributed by atoms with van der Waals surface area (Å²) in [7, 11) is 1.62. The number of benzene rings is 1. The van der Waals surface area contributed by atoms with E-state index in [4.69, 9.17) is 16.3 Å². The lowest BCUT2D eigenvalue weighted by Crippen LogP contribution is -2.23. The van der Waals surface area contributed by atoms with Gasteiger partial charge in [-0.15, -0.1) is 0 Å². The van der Waals surface area contributed by atoms with E-state index in [1.165, 1.54) is 0 Å². The molecule has 1 aromatic carbocycles. The van der Waals surface area contributed by atoms with Crippen molar-refractivity contribution in [3.05, 3.63) is 47.2 Å². The predicted octanol–water partition coefficient (Wildman–Crippen LogP) is 2.25. The number of ether oxygens (including phenoxy) is 1. The number of carbonyl (C=O) groups excluding carboxylic acids is 1. The number of amides is 1. The van der Waals surface area contributed by atoms with Crippen LogP contribution in [0.5, 0.6) is 5.75 Å². The van der Waals surface area contributed by atoms with E-state index in [0.717, 1.165) is 11.3 Å². The quantitative estimate of drug-likeness (QED) is 0.889. The highest BCUT2D eigenvalue weighted by Crippen LogP contribution is 2.11. The van der Waals surface area contributed by atoms with Crippen LogP contribution >= 0.6 is 11.6 Å². The predicted molar refractivity (Wildman–Crippen MR) is 76.7 cm³/mol. The molecule has 1 amide bonds. The second-order valence-electron chi connectivity index (χ2n) is 4.30. The van der Waals surface area contributed by atoms with Gasteiger partial charge in [-0.1, -0.05) is 23.7 Å². The summed E-state index contributed by atoms with van der Waals surface area (Å²) in [4.78, 5) is 11.7. The van der Waals surface area contributed by atoms with Gasteiger partial charge in [0.25, 0.3) is 0 Å². The summed E-state index contributed by atoms with van der Waals surface area (Å²) >= 11 is 5.75. The maximum absolute atomic E-state index is 11.7. The monoisotopic (exact) mass is 293 g/mol. The molecule has 1 aromatic heterocycles. The van der Waals surface area contributed by atoms with Gasteiger partial charge in [-0.25, -0.2) is 0 Å². The van der Waals surface area contributed by atoms with Gasteiger partial charge in [0.15, 0.2) is 0 Å². The molecule has 0 spiro atoms. The molecule has 0 aliphatic carbocycles. The van der Waals surface area contributed by atoms with Crippen molar-refractivity contribution in [2.45, 2.75) is 19.5 Å². The highest BCUT2D eigenvalue weighted by Gasteiger charge is 2.03. The Kier molecular flexibility index (Phi) is 5.01. The maximum atomic E-state index is 11.7. The average molecular weight is 294 g/mol. The highest BCUT2D eigenvalue weighted by molar-refractivity contribution is 6.30. The Labute approximate surface area is 122 Å². The van der Waals surface area contributed by atoms with E-state index in [9.17, 15) is 4.79 Å². The molecule has 0 unspecified atom stereocenters. The molecule has 5 nitrogen and oxygen atoms in total. The zero-order valence-electron chi connectivity index (χ0n) is 11.2. The van der Waals surface area contributed by atoms with Crippen molar-refractivity contribution in [2.24, 2.45) is 0 Å². The molecule has 6 heteroatoms. The third-order valence-corrected chi connectivity index (χ3v) is 3.01. The minimum atomic E-state index is -0.0209. The van der Waals surface area contributed by atoms with Gasteiger partial charge in [0.2, 0.25) is 5.91 Å². The van der Waals surface area contributed by atoms with Gasteiger partial charge in [-0.3, -0.25) is 9.48 Å². The average Bonchev–Trinajstić information content (AvgIpc) is 2.89. The number of nitrogens with one attached hydrogen (secondary N) is 1. The third-order valence-electron chi connectivity index (χ3n) is 2.82. The van der Waals surface area contributed by atoms with E-state index in [1.807, 2.05) is 24.3 Å². The fraction of sp³-hybridized carbons (Fsp3) is 0.286. The number of hydrogen-bond donors (Lipinski definition) is 1. The molecule has 1 heterocycles. The van der Waals surface area contributed by atoms with Gasteiger partial charge >= 0.3 is 0 Å². The zero-order chi connectivity index (χ0) is 14.4. The van der Waals surface area contributed by atoms with Crippen LogP contribution in [-0.2, 0) is 17.9 Å². The molecule has 1 N–H and O–H groups in total. The Hall–Kier alpha value is -2.01. The van der Waals surface area contributed by atoms with Gasteiger partial charge in [-0.05, 0) is 17.7 Å². The lowest BCUT2D eigenvalue weighted by atomic mass is 10.2. The minimum absolute atomic E-state index is 0.0209. The molecule has 20 heavy (non-hydrogen) atoms. The molecule has 0 saturated carbocycles. The summed E-state index contributed by atoms with van der Waals surface area (Å²) in [6.07, 6.45) is 3.61. The second kappa shape index (κ2) is 6.96. The minimum Gasteiger partial charge on any atom is -0.497 e. The van der Waals surface area contributed by atoms with Crippen molar-refractivity contribution in [1.29, 1.82) is 0 Å². The molecule has 0 aliphatic heterocycles. The van der Waals surface area contributed by atoms with Crippen molar-refractivity contribution in [2.75, 3.05) is 7.11 Å². The summed E-state index contributed by atoms with van der Waals surface area (Å²) in [5.41, 5.74) is 1.03. The van der Waals surface area contributed by atoms with Crippen LogP contribution in [0.25, 0.3) is 0 Å². The van der Waals surface area contributed by atoms with E-state index in [1.54, 1.807) is 24.2 Å². The molecule has 0 saturated heterocycles. The number of aryl methyl sites for hydroxylation is 1. The molecule has 2 rings (SSSR count). The third kappa shape index (κ3) is 4.28. The molecule has 0 radical (unpaired) electrons. The molecule has 0 aliphatic rings. The van der Waals surface area contributed by atoms with Crippen LogP contribution in [0.15, 0.2) is 36.7 Å². The van der Waals surface area contributed by atoms with Crippen LogP contribution in [0.4, 0.5) is 0 Å². The summed E-state index contributed by atoms with van der Waals surface area (Å²) in [6.45, 7) is 1.02. The van der Waals surface area contributed by atoms with Gasteiger partial charge in [-0.2, -0.15) is 5.10 Å². The Balaban J connectivity index is 1.74. The standard InChI is InChI=1S/C14H16ClN3O2/c1-20-13-4-2-11(3-5-13)8-16-14(19)6-7-18-10-12(15)9-17-18/h2-5,9-10H,6-8H2,1H3,(H,16,19). The van der Waals surface area contributed by atoms with E-state index in [0.29, 0.717) is 24.5 Å². The van der Waals surface area contributed by atoms with Crippen LogP contribution in [-0.4, -0.2) is 22.8 Å². The van der Waals surface area contributed by atoms with Crippen molar-refractivity contribution >= 4 is 17.5 Å². The van der Waals surface area contributed by atoms with Crippen LogP contribution in [0.2, 0.25) is 5.02 Å². The first kappa shape index (κ1) is 14.4. The number of aromatic nitrogens is 2. The fourth-order valence-electron chi connectivity index (χ4n) is 1.71. The molecular weight excluding hydrogens is 278 g/mol. The number of nitrogens with zero attached hydrogens (tertiary/aromatic N) is 2. The summed E-state index contributed by atoms with van der Waals surface area (Å²) < 4.78 is 6.72. The molecule has 0 atom stereocenters. The Morgan fingerprint density at radius 3 is 2.75 bits per heavy atom. The normalized spacial score (nSPS) is 10.3. The van der Waals surface area contributed by atoms with Gasteiger partial charge in [0.1, 0.15) is 5.75 Å². The van der Waals surface area contributed by atoms with E-state index in [-0.39, 0.29) is 5.91 Å². The number of rotatable bonds is 6. The zero-order valence-corrected chi connectivity index (χ0v) is 11.9. The maximum Gasteiger partial charge on any atom is 0.222 e. The summed E-state index contributed by atoms with van der Waals surface area (Å²) in [5.74, 6) is 0.781. The number of carbonyl (C=O) groups is 1. The van der Waals surface area contributed by atoms with Crippen LogP contribution in [0.1, 0.15) is 12.0 Å². The Morgan fingerprint density at radius 2 is 2.15 bits per heavy atom. The smallest absolute Gasteiger partial charge is 0.222 e. The molecule has 106 valence electrons. The summed E-state index contributed by atoms with van der Waals surface area (Å²) in [5, 5.41) is 7.45. The molecule has 0 bridgehead atoms. The molecular formula is C14H16ClN3O2. The van der Waals surface area contributed by atoms with Crippen LogP contribution in [0.3, 0.4) is 0 Å². The SMILES string of the molecule is COc1ccc(CNC(=O)CCn2cc(Cl)cn2)cc1. The number of methoxy groups -OCH3 is 1. The van der Waals surface area contributed by atoms with Gasteiger partial charge in [0, 0.05) is 25.7 Å².